The van der Waals surface area contributed by atoms with Crippen molar-refractivity contribution in [3.8, 4) is 11.5 Å². The second-order valence-corrected chi connectivity index (χ2v) is 8.06. The molecule has 0 unspecified atom stereocenters. The van der Waals surface area contributed by atoms with Gasteiger partial charge < -0.3 is 29.7 Å². The number of ether oxygens (including phenoxy) is 1. The zero-order chi connectivity index (χ0) is 24.4. The topological polar surface area (TPSA) is 142 Å². The number of phenolic OH excluding ortho intramolecular Hbond substituents is 1. The van der Waals surface area contributed by atoms with E-state index < -0.39 is 23.5 Å². The van der Waals surface area contributed by atoms with Gasteiger partial charge in [-0.15, -0.1) is 0 Å². The monoisotopic (exact) mass is 464 g/mol. The second-order valence-electron chi connectivity index (χ2n) is 8.06. The van der Waals surface area contributed by atoms with Crippen LogP contribution in [0.3, 0.4) is 0 Å². The van der Waals surface area contributed by atoms with E-state index in [1.165, 1.54) is 13.2 Å². The Labute approximate surface area is 194 Å². The number of nitrogens with one attached hydrogen (secondary N) is 2. The van der Waals surface area contributed by atoms with Gasteiger partial charge in [-0.1, -0.05) is 0 Å². The fourth-order valence-electron chi connectivity index (χ4n) is 4.05. The maximum Gasteiger partial charge on any atom is 0.339 e. The van der Waals surface area contributed by atoms with Gasteiger partial charge in [0.15, 0.2) is 0 Å². The summed E-state index contributed by atoms with van der Waals surface area (Å²) in [5.41, 5.74) is 2.33. The first-order valence-electron chi connectivity index (χ1n) is 10.7. The summed E-state index contributed by atoms with van der Waals surface area (Å²) >= 11 is 0. The van der Waals surface area contributed by atoms with Gasteiger partial charge in [0, 0.05) is 47.0 Å². The zero-order valence-electron chi connectivity index (χ0n) is 18.7. The number of amides is 1. The van der Waals surface area contributed by atoms with Crippen LogP contribution in [0, 0.1) is 6.92 Å². The molecule has 0 fully saturated rings. The van der Waals surface area contributed by atoms with E-state index >= 15 is 0 Å². The van der Waals surface area contributed by atoms with Crippen LogP contribution in [0.15, 0.2) is 51.8 Å². The van der Waals surface area contributed by atoms with Crippen molar-refractivity contribution in [2.75, 3.05) is 7.11 Å². The number of hydrogen-bond acceptors (Lipinski definition) is 6. The highest BCUT2D eigenvalue weighted by Crippen LogP contribution is 2.25. The molecule has 4 N–H and O–H groups in total. The quantitative estimate of drug-likeness (QED) is 0.294. The van der Waals surface area contributed by atoms with Crippen LogP contribution in [-0.4, -0.2) is 40.2 Å². The van der Waals surface area contributed by atoms with Crippen molar-refractivity contribution >= 4 is 33.7 Å². The molecule has 9 nitrogen and oxygen atoms in total. The molecule has 2 heterocycles. The van der Waals surface area contributed by atoms with Gasteiger partial charge in [-0.2, -0.15) is 0 Å². The maximum absolute atomic E-state index is 12.6. The Morgan fingerprint density at radius 2 is 1.97 bits per heavy atom. The van der Waals surface area contributed by atoms with E-state index in [1.54, 1.807) is 43.5 Å². The molecule has 0 bridgehead atoms. The molecule has 0 aliphatic carbocycles. The molecule has 176 valence electrons. The highest BCUT2D eigenvalue weighted by molar-refractivity contribution is 5.88. The number of phenols is 1. The van der Waals surface area contributed by atoms with E-state index in [0.717, 1.165) is 10.9 Å². The van der Waals surface area contributed by atoms with E-state index in [2.05, 4.69) is 10.3 Å². The minimum atomic E-state index is -1.18. The molecule has 2 aromatic heterocycles. The molecule has 1 amide bonds. The lowest BCUT2D eigenvalue weighted by atomic mass is 10.0. The van der Waals surface area contributed by atoms with Crippen LogP contribution >= 0.6 is 0 Å². The predicted molar refractivity (Wildman–Crippen MR) is 125 cm³/mol. The maximum atomic E-state index is 12.6. The van der Waals surface area contributed by atoms with Crippen molar-refractivity contribution in [1.82, 2.24) is 10.3 Å². The lowest BCUT2D eigenvalue weighted by Gasteiger charge is -2.15. The third-order valence-corrected chi connectivity index (χ3v) is 5.90. The zero-order valence-corrected chi connectivity index (χ0v) is 18.7. The van der Waals surface area contributed by atoms with Gasteiger partial charge in [0.05, 0.1) is 7.11 Å². The predicted octanol–water partition coefficient (Wildman–Crippen LogP) is 3.04. The Morgan fingerprint density at radius 1 is 1.18 bits per heavy atom. The molecule has 0 spiro atoms. The first kappa shape index (κ1) is 22.9. The molecular weight excluding hydrogens is 440 g/mol. The van der Waals surface area contributed by atoms with Crippen molar-refractivity contribution in [2.45, 2.75) is 32.2 Å². The summed E-state index contributed by atoms with van der Waals surface area (Å²) < 4.78 is 10.6. The molecule has 0 saturated carbocycles. The Kier molecular flexibility index (Phi) is 6.27. The first-order chi connectivity index (χ1) is 16.3. The number of fused-ring (bicyclic) bond motifs is 2. The summed E-state index contributed by atoms with van der Waals surface area (Å²) in [4.78, 5) is 39.9. The minimum absolute atomic E-state index is 0.0313. The third kappa shape index (κ3) is 4.59. The molecule has 4 aromatic rings. The molecule has 0 saturated heterocycles. The van der Waals surface area contributed by atoms with Gasteiger partial charge in [-0.25, -0.2) is 9.59 Å². The number of aliphatic carboxylic acids is 1. The fraction of sp³-hybridized carbons (Fsp3) is 0.240. The largest absolute Gasteiger partial charge is 0.508 e. The summed E-state index contributed by atoms with van der Waals surface area (Å²) in [6.45, 7) is 1.78. The van der Waals surface area contributed by atoms with Gasteiger partial charge in [0.2, 0.25) is 5.91 Å². The van der Waals surface area contributed by atoms with Gasteiger partial charge in [-0.05, 0) is 54.8 Å². The lowest BCUT2D eigenvalue weighted by molar-refractivity contribution is -0.141. The molecule has 4 rings (SSSR count). The van der Waals surface area contributed by atoms with E-state index in [0.29, 0.717) is 33.4 Å². The number of aromatic hydroxyl groups is 1. The van der Waals surface area contributed by atoms with E-state index in [1.807, 2.05) is 0 Å². The van der Waals surface area contributed by atoms with Crippen LogP contribution in [0.2, 0.25) is 0 Å². The smallest absolute Gasteiger partial charge is 0.339 e. The Morgan fingerprint density at radius 3 is 2.71 bits per heavy atom. The van der Waals surface area contributed by atoms with Crippen molar-refractivity contribution in [2.24, 2.45) is 0 Å². The van der Waals surface area contributed by atoms with Gasteiger partial charge in [-0.3, -0.25) is 4.79 Å². The number of aromatic amines is 1. The van der Waals surface area contributed by atoms with Crippen LogP contribution in [0.5, 0.6) is 11.5 Å². The second kappa shape index (κ2) is 9.30. The van der Waals surface area contributed by atoms with Crippen LogP contribution in [0.25, 0.3) is 21.9 Å². The summed E-state index contributed by atoms with van der Waals surface area (Å²) in [6, 6.07) is 8.76. The molecule has 0 aliphatic rings. The number of H-pyrrole nitrogens is 1. The van der Waals surface area contributed by atoms with Gasteiger partial charge in [0.25, 0.3) is 0 Å². The van der Waals surface area contributed by atoms with E-state index in [4.69, 9.17) is 9.15 Å². The number of carboxylic acid groups (broad SMARTS) is 1. The minimum Gasteiger partial charge on any atom is -0.508 e. The third-order valence-electron chi connectivity index (χ3n) is 5.90. The number of methoxy groups -OCH3 is 1. The van der Waals surface area contributed by atoms with Crippen molar-refractivity contribution in [3.63, 3.8) is 0 Å². The Balaban J connectivity index is 1.47. The number of benzene rings is 2. The number of aromatic nitrogens is 1. The lowest BCUT2D eigenvalue weighted by Crippen LogP contribution is -2.42. The molecule has 0 radical (unpaired) electrons. The fourth-order valence-corrected chi connectivity index (χ4v) is 4.05. The average molecular weight is 464 g/mol. The van der Waals surface area contributed by atoms with Crippen molar-refractivity contribution in [1.29, 1.82) is 0 Å². The molecule has 1 atom stereocenters. The normalized spacial score (nSPS) is 12.1. The van der Waals surface area contributed by atoms with Crippen LogP contribution in [-0.2, 0) is 22.4 Å². The number of carbonyl (C=O) groups excluding carboxylic acids is 1. The molecule has 34 heavy (non-hydrogen) atoms. The average Bonchev–Trinajstić information content (AvgIpc) is 3.19. The van der Waals surface area contributed by atoms with Crippen LogP contribution in [0.1, 0.15) is 23.1 Å². The molecule has 2 aromatic carbocycles. The van der Waals surface area contributed by atoms with Crippen LogP contribution in [0.4, 0.5) is 0 Å². The van der Waals surface area contributed by atoms with Crippen molar-refractivity contribution in [3.05, 3.63) is 69.7 Å². The summed E-state index contributed by atoms with van der Waals surface area (Å²) in [5.74, 6) is -1.05. The number of carbonyl (C=O) groups is 2. The molecule has 9 heteroatoms. The molecular formula is C25H24N2O7. The van der Waals surface area contributed by atoms with Crippen molar-refractivity contribution < 1.29 is 29.0 Å². The number of rotatable bonds is 8. The Hall–Kier alpha value is -4.27. The first-order valence-corrected chi connectivity index (χ1v) is 10.7. The van der Waals surface area contributed by atoms with Crippen LogP contribution < -0.4 is 15.7 Å². The number of hydrogen-bond donors (Lipinski definition) is 4. The summed E-state index contributed by atoms with van der Waals surface area (Å²) in [6.07, 6.45) is 1.72. The number of carboxylic acids is 1. The SMILES string of the molecule is COc1ccc2c(C)c(CCC(=O)N[C@@H](Cc3c[nH]c4ccc(O)cc34)C(=O)O)c(=O)oc2c1. The summed E-state index contributed by atoms with van der Waals surface area (Å²) in [7, 11) is 1.52. The highest BCUT2D eigenvalue weighted by atomic mass is 16.5. The highest BCUT2D eigenvalue weighted by Gasteiger charge is 2.23. The van der Waals surface area contributed by atoms with Gasteiger partial charge in [0.1, 0.15) is 23.1 Å². The number of aryl methyl sites for hydroxylation is 1. The summed E-state index contributed by atoms with van der Waals surface area (Å²) in [5, 5.41) is 23.3. The standard InChI is InChI=1S/C25H24N2O7/c1-13-17-5-4-16(33-2)11-22(17)34-25(32)18(13)6-8-23(29)27-21(24(30)31)9-14-12-26-20-7-3-15(28)10-19(14)20/h3-5,7,10-12,21,26,28H,6,8-9H2,1-2H3,(H,27,29)(H,30,31)/t21-/m0/s1. The Bertz CT molecular complexity index is 1450. The van der Waals surface area contributed by atoms with E-state index in [-0.39, 0.29) is 25.0 Å². The molecule has 0 aliphatic heterocycles. The van der Waals surface area contributed by atoms with E-state index in [9.17, 15) is 24.6 Å². The van der Waals surface area contributed by atoms with Gasteiger partial charge >= 0.3 is 11.6 Å².